The monoisotopic (exact) mass is 383 g/mol. The largest absolute Gasteiger partial charge is 0.497 e. The van der Waals surface area contributed by atoms with Crippen LogP contribution in [0.25, 0.3) is 5.65 Å². The molecule has 7 nitrogen and oxygen atoms in total. The number of benzene rings is 1. The van der Waals surface area contributed by atoms with Gasteiger partial charge in [-0.05, 0) is 36.8 Å². The third-order valence-corrected chi connectivity index (χ3v) is 4.48. The van der Waals surface area contributed by atoms with Gasteiger partial charge >= 0.3 is 0 Å². The van der Waals surface area contributed by atoms with Crippen LogP contribution in [-0.2, 0) is 11.2 Å². The number of rotatable bonds is 8. The number of fused-ring (bicyclic) bond motifs is 1. The number of pyridine rings is 1. The highest BCUT2D eigenvalue weighted by Gasteiger charge is 2.22. The Bertz CT molecular complexity index is 967. The fraction of sp³-hybridized carbons (Fsp3) is 0.333. The summed E-state index contributed by atoms with van der Waals surface area (Å²) >= 11 is 0. The predicted molar refractivity (Wildman–Crippen MR) is 108 cm³/mol. The molecule has 3 aromatic rings. The fourth-order valence-corrected chi connectivity index (χ4v) is 3.06. The maximum absolute atomic E-state index is 13.1. The molecule has 7 heteroatoms. The van der Waals surface area contributed by atoms with Crippen LogP contribution >= 0.6 is 0 Å². The van der Waals surface area contributed by atoms with Crippen LogP contribution < -0.4 is 14.4 Å². The summed E-state index contributed by atoms with van der Waals surface area (Å²) in [6, 6.07) is 10.9. The summed E-state index contributed by atoms with van der Waals surface area (Å²) in [5.74, 6) is 1.88. The van der Waals surface area contributed by atoms with Crippen LogP contribution in [0.2, 0.25) is 0 Å². The van der Waals surface area contributed by atoms with E-state index in [1.54, 1.807) is 44.4 Å². The second kappa shape index (κ2) is 8.75. The quantitative estimate of drug-likeness (QED) is 0.559. The zero-order valence-electron chi connectivity index (χ0n) is 16.6. The number of hydrogen-bond acceptors (Lipinski definition) is 5. The number of carbonyl (C=O) groups is 1. The molecule has 0 radical (unpaired) electrons. The molecule has 148 valence electrons. The van der Waals surface area contributed by atoms with Crippen LogP contribution in [0.1, 0.15) is 23.0 Å². The minimum Gasteiger partial charge on any atom is -0.497 e. The van der Waals surface area contributed by atoms with Crippen molar-refractivity contribution in [2.24, 2.45) is 0 Å². The molecule has 0 atom stereocenters. The zero-order chi connectivity index (χ0) is 20.1. The molecular formula is C21H25N3O4. The summed E-state index contributed by atoms with van der Waals surface area (Å²) in [6.45, 7) is 2.93. The molecule has 0 N–H and O–H groups in total. The number of aryl methyl sites for hydroxylation is 1. The SMILES string of the molecule is CCc1nc2c(OCCOC)cccn2c1N(C)C(=O)c1cccc(OC)c1. The summed E-state index contributed by atoms with van der Waals surface area (Å²) in [4.78, 5) is 19.4. The first kappa shape index (κ1) is 19.7. The lowest BCUT2D eigenvalue weighted by Crippen LogP contribution is -2.28. The van der Waals surface area contributed by atoms with Gasteiger partial charge in [0, 0.05) is 25.9 Å². The van der Waals surface area contributed by atoms with Crippen molar-refractivity contribution in [1.29, 1.82) is 0 Å². The van der Waals surface area contributed by atoms with Gasteiger partial charge in [0.2, 0.25) is 0 Å². The van der Waals surface area contributed by atoms with E-state index in [0.717, 1.165) is 11.5 Å². The molecular weight excluding hydrogens is 358 g/mol. The molecule has 0 aliphatic carbocycles. The number of nitrogens with zero attached hydrogens (tertiary/aromatic N) is 3. The Balaban J connectivity index is 2.01. The van der Waals surface area contributed by atoms with Crippen molar-refractivity contribution in [3.05, 3.63) is 53.9 Å². The Morgan fingerprint density at radius 2 is 2.00 bits per heavy atom. The topological polar surface area (TPSA) is 65.3 Å². The van der Waals surface area contributed by atoms with Gasteiger partial charge in [-0.15, -0.1) is 0 Å². The molecule has 3 rings (SSSR count). The Kier molecular flexibility index (Phi) is 6.16. The zero-order valence-corrected chi connectivity index (χ0v) is 16.6. The first-order valence-corrected chi connectivity index (χ1v) is 9.14. The Morgan fingerprint density at radius 3 is 2.71 bits per heavy atom. The van der Waals surface area contributed by atoms with E-state index in [9.17, 15) is 4.79 Å². The highest BCUT2D eigenvalue weighted by molar-refractivity contribution is 6.06. The van der Waals surface area contributed by atoms with E-state index >= 15 is 0 Å². The molecule has 0 aliphatic heterocycles. The van der Waals surface area contributed by atoms with E-state index in [2.05, 4.69) is 0 Å². The van der Waals surface area contributed by atoms with Gasteiger partial charge in [-0.2, -0.15) is 0 Å². The average molecular weight is 383 g/mol. The summed E-state index contributed by atoms with van der Waals surface area (Å²) in [6.07, 6.45) is 2.57. The number of ether oxygens (including phenoxy) is 3. The molecule has 2 aromatic heterocycles. The first-order valence-electron chi connectivity index (χ1n) is 9.14. The second-order valence-corrected chi connectivity index (χ2v) is 6.24. The molecule has 0 spiro atoms. The Labute approximate surface area is 164 Å². The van der Waals surface area contributed by atoms with Crippen LogP contribution in [-0.4, -0.2) is 49.8 Å². The van der Waals surface area contributed by atoms with Crippen LogP contribution in [0.4, 0.5) is 5.82 Å². The lowest BCUT2D eigenvalue weighted by molar-refractivity contribution is 0.0991. The van der Waals surface area contributed by atoms with E-state index < -0.39 is 0 Å². The number of carbonyl (C=O) groups excluding carboxylic acids is 1. The van der Waals surface area contributed by atoms with E-state index in [4.69, 9.17) is 19.2 Å². The fourth-order valence-electron chi connectivity index (χ4n) is 3.06. The molecule has 0 bridgehead atoms. The van der Waals surface area contributed by atoms with Crippen LogP contribution in [0.5, 0.6) is 11.5 Å². The standard InChI is InChI=1S/C21H25N3O4/c1-5-17-20(23(2)21(25)15-8-6-9-16(14-15)27-4)24-11-7-10-18(19(24)22-17)28-13-12-26-3/h6-11,14H,5,12-13H2,1-4H3. The third kappa shape index (κ3) is 3.80. The molecule has 28 heavy (non-hydrogen) atoms. The molecule has 0 saturated carbocycles. The second-order valence-electron chi connectivity index (χ2n) is 6.24. The molecule has 0 saturated heterocycles. The van der Waals surface area contributed by atoms with Gasteiger partial charge in [0.25, 0.3) is 5.91 Å². The number of amides is 1. The number of anilines is 1. The predicted octanol–water partition coefficient (Wildman–Crippen LogP) is 3.21. The van der Waals surface area contributed by atoms with Crippen molar-refractivity contribution >= 4 is 17.4 Å². The van der Waals surface area contributed by atoms with Crippen LogP contribution in [0.3, 0.4) is 0 Å². The number of hydrogen-bond donors (Lipinski definition) is 0. The highest BCUT2D eigenvalue weighted by atomic mass is 16.5. The van der Waals surface area contributed by atoms with Gasteiger partial charge in [-0.25, -0.2) is 4.98 Å². The van der Waals surface area contributed by atoms with Crippen molar-refractivity contribution in [3.8, 4) is 11.5 Å². The minimum absolute atomic E-state index is 0.138. The molecule has 1 aromatic carbocycles. The highest BCUT2D eigenvalue weighted by Crippen LogP contribution is 2.29. The Morgan fingerprint density at radius 1 is 1.18 bits per heavy atom. The van der Waals surface area contributed by atoms with Crippen LogP contribution in [0, 0.1) is 0 Å². The average Bonchev–Trinajstić information content (AvgIpc) is 3.12. The number of methoxy groups -OCH3 is 2. The summed E-state index contributed by atoms with van der Waals surface area (Å²) in [5, 5.41) is 0. The van der Waals surface area contributed by atoms with Crippen molar-refractivity contribution in [2.75, 3.05) is 39.4 Å². The smallest absolute Gasteiger partial charge is 0.259 e. The minimum atomic E-state index is -0.138. The van der Waals surface area contributed by atoms with Gasteiger partial charge in [0.1, 0.15) is 18.2 Å². The lowest BCUT2D eigenvalue weighted by Gasteiger charge is -2.19. The summed E-state index contributed by atoms with van der Waals surface area (Å²) in [7, 11) is 4.97. The van der Waals surface area contributed by atoms with Gasteiger partial charge in [0.15, 0.2) is 11.4 Å². The molecule has 0 fully saturated rings. The lowest BCUT2D eigenvalue weighted by atomic mass is 10.2. The van der Waals surface area contributed by atoms with E-state index in [-0.39, 0.29) is 5.91 Å². The molecule has 0 aliphatic rings. The van der Waals surface area contributed by atoms with Crippen molar-refractivity contribution in [3.63, 3.8) is 0 Å². The van der Waals surface area contributed by atoms with E-state index in [0.29, 0.717) is 42.3 Å². The first-order chi connectivity index (χ1) is 13.6. The van der Waals surface area contributed by atoms with Crippen molar-refractivity contribution in [2.45, 2.75) is 13.3 Å². The molecule has 0 unspecified atom stereocenters. The number of aromatic nitrogens is 2. The van der Waals surface area contributed by atoms with Crippen molar-refractivity contribution in [1.82, 2.24) is 9.38 Å². The number of imidazole rings is 1. The van der Waals surface area contributed by atoms with Gasteiger partial charge in [-0.3, -0.25) is 14.1 Å². The normalized spacial score (nSPS) is 10.9. The third-order valence-electron chi connectivity index (χ3n) is 4.48. The Hall–Kier alpha value is -3.06. The van der Waals surface area contributed by atoms with Gasteiger partial charge < -0.3 is 14.2 Å². The molecule has 1 amide bonds. The van der Waals surface area contributed by atoms with Crippen molar-refractivity contribution < 1.29 is 19.0 Å². The van der Waals surface area contributed by atoms with Crippen LogP contribution in [0.15, 0.2) is 42.6 Å². The van der Waals surface area contributed by atoms with E-state index in [1.165, 1.54) is 0 Å². The van der Waals surface area contributed by atoms with Gasteiger partial charge in [-0.1, -0.05) is 13.0 Å². The molecule has 2 heterocycles. The van der Waals surface area contributed by atoms with Gasteiger partial charge in [0.05, 0.1) is 19.4 Å². The summed E-state index contributed by atoms with van der Waals surface area (Å²) < 4.78 is 18.0. The van der Waals surface area contributed by atoms with E-state index in [1.807, 2.05) is 35.7 Å². The maximum Gasteiger partial charge on any atom is 0.259 e. The maximum atomic E-state index is 13.1. The summed E-state index contributed by atoms with van der Waals surface area (Å²) in [5.41, 5.74) is 2.05.